The summed E-state index contributed by atoms with van der Waals surface area (Å²) in [4.78, 5) is 7.39. The van der Waals surface area contributed by atoms with Gasteiger partial charge >= 0.3 is 0 Å². The number of rotatable bonds is 6. The molecule has 0 radical (unpaired) electrons. The molecule has 11 heteroatoms. The van der Waals surface area contributed by atoms with E-state index in [4.69, 9.17) is 19.0 Å². The van der Waals surface area contributed by atoms with Crippen molar-refractivity contribution < 1.29 is 14.0 Å². The van der Waals surface area contributed by atoms with E-state index >= 15 is 0 Å². The Kier molecular flexibility index (Phi) is 4.92. The molecule has 0 saturated carbocycles. The number of nitrogens with one attached hydrogen (secondary N) is 1. The smallest absolute Gasteiger partial charge is 0.275 e. The molecule has 2 aliphatic heterocycles. The molecule has 33 heavy (non-hydrogen) atoms. The second kappa shape index (κ2) is 8.09. The van der Waals surface area contributed by atoms with Crippen LogP contribution in [0.15, 0.2) is 28.8 Å². The molecule has 6 rings (SSSR count). The second-order valence-corrected chi connectivity index (χ2v) is 8.36. The van der Waals surface area contributed by atoms with Crippen LogP contribution in [0.3, 0.4) is 0 Å². The zero-order valence-corrected chi connectivity index (χ0v) is 18.5. The minimum absolute atomic E-state index is 0.277. The lowest BCUT2D eigenvalue weighted by Crippen LogP contribution is -2.58. The average Bonchev–Trinajstić information content (AvgIpc) is 3.41. The first-order valence-electron chi connectivity index (χ1n) is 11.0. The van der Waals surface area contributed by atoms with Gasteiger partial charge in [0.1, 0.15) is 12.4 Å². The molecular weight excluding hydrogens is 424 g/mol. The van der Waals surface area contributed by atoms with Gasteiger partial charge in [-0.3, -0.25) is 9.88 Å². The monoisotopic (exact) mass is 448 g/mol. The summed E-state index contributed by atoms with van der Waals surface area (Å²) in [7, 11) is 1.57. The number of aromatic nitrogens is 6. The van der Waals surface area contributed by atoms with E-state index in [-0.39, 0.29) is 6.61 Å². The van der Waals surface area contributed by atoms with Crippen molar-refractivity contribution in [3.05, 3.63) is 47.0 Å². The predicted molar refractivity (Wildman–Crippen MR) is 117 cm³/mol. The van der Waals surface area contributed by atoms with Crippen molar-refractivity contribution in [2.45, 2.75) is 32.5 Å². The summed E-state index contributed by atoms with van der Waals surface area (Å²) in [6.07, 6.45) is 0.953. The molecule has 1 saturated heterocycles. The van der Waals surface area contributed by atoms with Gasteiger partial charge in [0.25, 0.3) is 5.88 Å². The Hall–Kier alpha value is -3.57. The zero-order chi connectivity index (χ0) is 22.4. The highest BCUT2D eigenvalue weighted by Crippen LogP contribution is 2.28. The van der Waals surface area contributed by atoms with Crippen LogP contribution in [-0.4, -0.2) is 67.6 Å². The minimum atomic E-state index is 0.277. The van der Waals surface area contributed by atoms with Gasteiger partial charge in [0.05, 0.1) is 12.8 Å². The number of fused-ring (bicyclic) bond motifs is 2. The topological polar surface area (TPSA) is 116 Å². The van der Waals surface area contributed by atoms with Crippen LogP contribution in [0.2, 0.25) is 0 Å². The average molecular weight is 448 g/mol. The van der Waals surface area contributed by atoms with Crippen molar-refractivity contribution in [1.29, 1.82) is 0 Å². The second-order valence-electron chi connectivity index (χ2n) is 8.36. The minimum Gasteiger partial charge on any atom is -0.491 e. The normalized spacial score (nSPS) is 16.5. The molecule has 2 aliphatic rings. The van der Waals surface area contributed by atoms with E-state index in [1.807, 2.05) is 13.0 Å². The maximum absolute atomic E-state index is 6.03. The van der Waals surface area contributed by atoms with Crippen molar-refractivity contribution in [2.24, 2.45) is 0 Å². The molecule has 0 atom stereocenters. The largest absolute Gasteiger partial charge is 0.491 e. The molecular formula is C22H24N8O3. The Labute approximate surface area is 189 Å². The lowest BCUT2D eigenvalue weighted by molar-refractivity contribution is 0.130. The van der Waals surface area contributed by atoms with Gasteiger partial charge in [0.15, 0.2) is 17.1 Å². The van der Waals surface area contributed by atoms with Gasteiger partial charge in [-0.15, -0.1) is 15.3 Å². The molecule has 0 bridgehead atoms. The summed E-state index contributed by atoms with van der Waals surface area (Å²) in [5, 5.41) is 20.3. The Balaban J connectivity index is 1.23. The summed E-state index contributed by atoms with van der Waals surface area (Å²) in [6, 6.07) is 8.35. The molecule has 4 aromatic rings. The number of hydrogen-bond donors (Lipinski definition) is 1. The first-order valence-corrected chi connectivity index (χ1v) is 11.0. The van der Waals surface area contributed by atoms with E-state index in [9.17, 15) is 0 Å². The fourth-order valence-corrected chi connectivity index (χ4v) is 4.23. The molecule has 0 aliphatic carbocycles. The van der Waals surface area contributed by atoms with Crippen molar-refractivity contribution >= 4 is 5.65 Å². The van der Waals surface area contributed by atoms with E-state index in [0.717, 1.165) is 44.0 Å². The van der Waals surface area contributed by atoms with Gasteiger partial charge in [-0.05, 0) is 18.6 Å². The number of methoxy groups -OCH3 is 1. The van der Waals surface area contributed by atoms with Crippen LogP contribution in [-0.2, 0) is 19.6 Å². The third-order valence-corrected chi connectivity index (χ3v) is 6.17. The summed E-state index contributed by atoms with van der Waals surface area (Å²) in [5.41, 5.74) is 4.37. The summed E-state index contributed by atoms with van der Waals surface area (Å²) in [5.74, 6) is 1.94. The highest BCUT2D eigenvalue weighted by Gasteiger charge is 2.28. The molecule has 0 spiro atoms. The van der Waals surface area contributed by atoms with Crippen LogP contribution in [0.1, 0.15) is 22.7 Å². The SMILES string of the molecule is COc1cc2nnc(-c3cc(C)on3)n2nc1OCc1ccc2c(n1)CCN(C1CNC1)C2. The number of ether oxygens (including phenoxy) is 2. The lowest BCUT2D eigenvalue weighted by Gasteiger charge is -2.40. The molecule has 1 N–H and O–H groups in total. The summed E-state index contributed by atoms with van der Waals surface area (Å²) in [6.45, 7) is 6.26. The van der Waals surface area contributed by atoms with Gasteiger partial charge in [-0.1, -0.05) is 11.2 Å². The predicted octanol–water partition coefficient (Wildman–Crippen LogP) is 1.40. The van der Waals surface area contributed by atoms with Crippen molar-refractivity contribution in [2.75, 3.05) is 26.7 Å². The maximum atomic E-state index is 6.03. The van der Waals surface area contributed by atoms with Gasteiger partial charge < -0.3 is 19.3 Å². The van der Waals surface area contributed by atoms with Crippen LogP contribution in [0, 0.1) is 6.92 Å². The quantitative estimate of drug-likeness (QED) is 0.464. The molecule has 0 aromatic carbocycles. The third-order valence-electron chi connectivity index (χ3n) is 6.17. The van der Waals surface area contributed by atoms with Gasteiger partial charge in [-0.2, -0.15) is 4.52 Å². The molecule has 0 amide bonds. The Morgan fingerprint density at radius 1 is 1.21 bits per heavy atom. The van der Waals surface area contributed by atoms with E-state index in [1.165, 1.54) is 5.56 Å². The number of aryl methyl sites for hydroxylation is 1. The highest BCUT2D eigenvalue weighted by molar-refractivity contribution is 5.56. The lowest BCUT2D eigenvalue weighted by atomic mass is 10.0. The Morgan fingerprint density at radius 3 is 2.88 bits per heavy atom. The van der Waals surface area contributed by atoms with Crippen LogP contribution >= 0.6 is 0 Å². The van der Waals surface area contributed by atoms with Crippen molar-refractivity contribution in [1.82, 2.24) is 40.2 Å². The van der Waals surface area contributed by atoms with Crippen LogP contribution < -0.4 is 14.8 Å². The molecule has 170 valence electrons. The van der Waals surface area contributed by atoms with Crippen molar-refractivity contribution in [3.63, 3.8) is 0 Å². The summed E-state index contributed by atoms with van der Waals surface area (Å²) < 4.78 is 18.2. The standard InChI is InChI=1S/C22H24N8O3/c1-13-7-18(28-33-13)21-26-25-20-8-19(31-2)22(27-30(20)21)32-12-15-4-3-14-11-29(16-9-23-10-16)6-5-17(14)24-15/h3-4,7-8,16,23H,5-6,9-12H2,1-2H3. The first-order chi connectivity index (χ1) is 16.2. The van der Waals surface area contributed by atoms with E-state index in [0.29, 0.717) is 40.6 Å². The van der Waals surface area contributed by atoms with Gasteiger partial charge in [0.2, 0.25) is 5.82 Å². The molecule has 6 heterocycles. The fraction of sp³-hybridized carbons (Fsp3) is 0.409. The first kappa shape index (κ1) is 20.1. The number of hydrogen-bond acceptors (Lipinski definition) is 10. The van der Waals surface area contributed by atoms with Gasteiger partial charge in [0, 0.05) is 56.5 Å². The van der Waals surface area contributed by atoms with Crippen molar-refractivity contribution in [3.8, 4) is 23.1 Å². The molecule has 1 fully saturated rings. The molecule has 11 nitrogen and oxygen atoms in total. The van der Waals surface area contributed by atoms with Crippen LogP contribution in [0.4, 0.5) is 0 Å². The molecule has 0 unspecified atom stereocenters. The number of nitrogens with zero attached hydrogens (tertiary/aromatic N) is 7. The summed E-state index contributed by atoms with van der Waals surface area (Å²) >= 11 is 0. The fourth-order valence-electron chi connectivity index (χ4n) is 4.23. The Morgan fingerprint density at radius 2 is 2.12 bits per heavy atom. The highest BCUT2D eigenvalue weighted by atomic mass is 16.5. The van der Waals surface area contributed by atoms with Crippen LogP contribution in [0.5, 0.6) is 11.6 Å². The van der Waals surface area contributed by atoms with Gasteiger partial charge in [-0.25, -0.2) is 0 Å². The zero-order valence-electron chi connectivity index (χ0n) is 18.5. The van der Waals surface area contributed by atoms with E-state index < -0.39 is 0 Å². The maximum Gasteiger partial charge on any atom is 0.275 e. The van der Waals surface area contributed by atoms with E-state index in [2.05, 4.69) is 36.7 Å². The van der Waals surface area contributed by atoms with E-state index in [1.54, 1.807) is 23.8 Å². The third kappa shape index (κ3) is 3.68. The number of pyridine rings is 1. The van der Waals surface area contributed by atoms with Crippen LogP contribution in [0.25, 0.3) is 17.2 Å². The molecule has 4 aromatic heterocycles. The Bertz CT molecular complexity index is 1310.